The van der Waals surface area contributed by atoms with Crippen molar-refractivity contribution in [1.82, 2.24) is 15.1 Å². The average molecular weight is 287 g/mol. The van der Waals surface area contributed by atoms with Crippen LogP contribution in [0.25, 0.3) is 0 Å². The first kappa shape index (κ1) is 14.3. The second-order valence-electron chi connectivity index (χ2n) is 6.07. The Morgan fingerprint density at radius 2 is 2.14 bits per heavy atom. The SMILES string of the molecule is Cn1cc(CC(CNC2CC2)Cc2ccccc2F)cn1. The van der Waals surface area contributed by atoms with Gasteiger partial charge in [0.2, 0.25) is 0 Å². The molecule has 3 nitrogen and oxygen atoms in total. The molecule has 1 aromatic heterocycles. The molecule has 1 fully saturated rings. The molecular weight excluding hydrogens is 265 g/mol. The number of nitrogens with one attached hydrogen (secondary N) is 1. The fourth-order valence-electron chi connectivity index (χ4n) is 2.72. The lowest BCUT2D eigenvalue weighted by molar-refractivity contribution is 0.459. The third-order valence-corrected chi connectivity index (χ3v) is 4.02. The van der Waals surface area contributed by atoms with Gasteiger partial charge in [-0.3, -0.25) is 4.68 Å². The Morgan fingerprint density at radius 3 is 2.81 bits per heavy atom. The summed E-state index contributed by atoms with van der Waals surface area (Å²) in [6, 6.07) is 7.78. The highest BCUT2D eigenvalue weighted by atomic mass is 19.1. The number of halogens is 1. The lowest BCUT2D eigenvalue weighted by Crippen LogP contribution is -2.27. The van der Waals surface area contributed by atoms with Gasteiger partial charge in [-0.1, -0.05) is 18.2 Å². The summed E-state index contributed by atoms with van der Waals surface area (Å²) < 4.78 is 15.7. The van der Waals surface area contributed by atoms with Crippen LogP contribution in [0.2, 0.25) is 0 Å². The van der Waals surface area contributed by atoms with Crippen LogP contribution in [-0.2, 0) is 19.9 Å². The van der Waals surface area contributed by atoms with Crippen molar-refractivity contribution in [2.75, 3.05) is 6.54 Å². The summed E-state index contributed by atoms with van der Waals surface area (Å²) >= 11 is 0. The van der Waals surface area contributed by atoms with E-state index in [1.165, 1.54) is 18.4 Å². The minimum absolute atomic E-state index is 0.0971. The number of nitrogens with zero attached hydrogens (tertiary/aromatic N) is 2. The van der Waals surface area contributed by atoms with Crippen molar-refractivity contribution in [3.05, 3.63) is 53.6 Å². The van der Waals surface area contributed by atoms with Crippen LogP contribution >= 0.6 is 0 Å². The molecule has 21 heavy (non-hydrogen) atoms. The van der Waals surface area contributed by atoms with Gasteiger partial charge in [-0.2, -0.15) is 5.10 Å². The van der Waals surface area contributed by atoms with E-state index in [0.717, 1.165) is 24.9 Å². The molecule has 0 radical (unpaired) electrons. The van der Waals surface area contributed by atoms with Crippen LogP contribution in [0.3, 0.4) is 0 Å². The molecule has 3 rings (SSSR count). The molecule has 112 valence electrons. The molecule has 0 spiro atoms. The number of hydrogen-bond acceptors (Lipinski definition) is 2. The van der Waals surface area contributed by atoms with Gasteiger partial charge >= 0.3 is 0 Å². The summed E-state index contributed by atoms with van der Waals surface area (Å²) in [5, 5.41) is 7.80. The second-order valence-corrected chi connectivity index (χ2v) is 6.07. The molecular formula is C17H22FN3. The molecule has 4 heteroatoms. The normalized spacial score (nSPS) is 16.1. The highest BCUT2D eigenvalue weighted by Crippen LogP contribution is 2.21. The molecule has 0 aliphatic heterocycles. The summed E-state index contributed by atoms with van der Waals surface area (Å²) in [5.74, 6) is 0.298. The number of aryl methyl sites for hydroxylation is 1. The van der Waals surface area contributed by atoms with E-state index < -0.39 is 0 Å². The predicted octanol–water partition coefficient (Wildman–Crippen LogP) is 2.71. The molecule has 1 aromatic carbocycles. The van der Waals surface area contributed by atoms with Crippen LogP contribution in [0, 0.1) is 11.7 Å². The summed E-state index contributed by atoms with van der Waals surface area (Å²) in [6.45, 7) is 0.938. The van der Waals surface area contributed by atoms with E-state index >= 15 is 0 Å². The number of hydrogen-bond donors (Lipinski definition) is 1. The van der Waals surface area contributed by atoms with Crippen molar-refractivity contribution in [3.63, 3.8) is 0 Å². The number of aromatic nitrogens is 2. The summed E-state index contributed by atoms with van der Waals surface area (Å²) in [6.07, 6.45) is 8.21. The van der Waals surface area contributed by atoms with Gasteiger partial charge in [0.1, 0.15) is 5.82 Å². The van der Waals surface area contributed by atoms with E-state index in [-0.39, 0.29) is 5.82 Å². The Labute approximate surface area is 125 Å². The minimum Gasteiger partial charge on any atom is -0.314 e. The standard InChI is InChI=1S/C17H22FN3/c1-21-12-14(11-20-21)8-13(10-19-16-6-7-16)9-15-4-2-3-5-17(15)18/h2-5,11-13,16,19H,6-10H2,1H3. The van der Waals surface area contributed by atoms with Crippen LogP contribution < -0.4 is 5.32 Å². The largest absolute Gasteiger partial charge is 0.314 e. The molecule has 0 amide bonds. The van der Waals surface area contributed by atoms with E-state index in [9.17, 15) is 4.39 Å². The molecule has 1 unspecified atom stereocenters. The van der Waals surface area contributed by atoms with Crippen molar-refractivity contribution in [1.29, 1.82) is 0 Å². The molecule has 2 aromatic rings. The number of benzene rings is 1. The van der Waals surface area contributed by atoms with Gasteiger partial charge in [-0.05, 0) is 55.3 Å². The zero-order valence-electron chi connectivity index (χ0n) is 12.4. The monoisotopic (exact) mass is 287 g/mol. The van der Waals surface area contributed by atoms with Crippen LogP contribution in [0.1, 0.15) is 24.0 Å². The smallest absolute Gasteiger partial charge is 0.126 e. The van der Waals surface area contributed by atoms with Crippen molar-refractivity contribution >= 4 is 0 Å². The van der Waals surface area contributed by atoms with E-state index in [4.69, 9.17) is 0 Å². The highest BCUT2D eigenvalue weighted by Gasteiger charge is 2.22. The van der Waals surface area contributed by atoms with Gasteiger partial charge in [0, 0.05) is 19.3 Å². The Balaban J connectivity index is 1.67. The lowest BCUT2D eigenvalue weighted by Gasteiger charge is -2.17. The van der Waals surface area contributed by atoms with Crippen molar-refractivity contribution < 1.29 is 4.39 Å². The first-order chi connectivity index (χ1) is 10.2. The maximum absolute atomic E-state index is 13.9. The molecule has 0 bridgehead atoms. The fourth-order valence-corrected chi connectivity index (χ4v) is 2.72. The highest BCUT2D eigenvalue weighted by molar-refractivity contribution is 5.18. The first-order valence-corrected chi connectivity index (χ1v) is 7.65. The topological polar surface area (TPSA) is 29.9 Å². The maximum Gasteiger partial charge on any atom is 0.126 e. The van der Waals surface area contributed by atoms with Gasteiger partial charge in [-0.15, -0.1) is 0 Å². The molecule has 1 heterocycles. The summed E-state index contributed by atoms with van der Waals surface area (Å²) in [5.41, 5.74) is 2.03. The Morgan fingerprint density at radius 1 is 1.33 bits per heavy atom. The average Bonchev–Trinajstić information content (AvgIpc) is 3.21. The predicted molar refractivity (Wildman–Crippen MR) is 81.5 cm³/mol. The van der Waals surface area contributed by atoms with Gasteiger partial charge in [-0.25, -0.2) is 4.39 Å². The quantitative estimate of drug-likeness (QED) is 0.848. The maximum atomic E-state index is 13.9. The molecule has 0 saturated heterocycles. The molecule has 1 N–H and O–H groups in total. The first-order valence-electron chi connectivity index (χ1n) is 7.65. The molecule has 1 saturated carbocycles. The van der Waals surface area contributed by atoms with Crippen LogP contribution in [0.15, 0.2) is 36.7 Å². The van der Waals surface area contributed by atoms with Crippen LogP contribution in [0.5, 0.6) is 0 Å². The summed E-state index contributed by atoms with van der Waals surface area (Å²) in [4.78, 5) is 0. The lowest BCUT2D eigenvalue weighted by atomic mass is 9.93. The third kappa shape index (κ3) is 4.14. The van der Waals surface area contributed by atoms with E-state index in [1.807, 2.05) is 36.3 Å². The van der Waals surface area contributed by atoms with E-state index in [0.29, 0.717) is 12.0 Å². The third-order valence-electron chi connectivity index (χ3n) is 4.02. The van der Waals surface area contributed by atoms with Gasteiger partial charge in [0.05, 0.1) is 6.20 Å². The van der Waals surface area contributed by atoms with E-state index in [2.05, 4.69) is 10.4 Å². The fraction of sp³-hybridized carbons (Fsp3) is 0.471. The minimum atomic E-state index is -0.0971. The van der Waals surface area contributed by atoms with Crippen molar-refractivity contribution in [2.24, 2.45) is 13.0 Å². The van der Waals surface area contributed by atoms with Crippen LogP contribution in [-0.4, -0.2) is 22.4 Å². The van der Waals surface area contributed by atoms with Crippen molar-refractivity contribution in [2.45, 2.75) is 31.7 Å². The second kappa shape index (κ2) is 6.39. The molecule has 1 aliphatic rings. The molecule has 1 aliphatic carbocycles. The molecule has 1 atom stereocenters. The van der Waals surface area contributed by atoms with Gasteiger partial charge in [0.15, 0.2) is 0 Å². The van der Waals surface area contributed by atoms with Crippen LogP contribution in [0.4, 0.5) is 4.39 Å². The Kier molecular flexibility index (Phi) is 4.34. The van der Waals surface area contributed by atoms with E-state index in [1.54, 1.807) is 12.1 Å². The number of rotatable bonds is 7. The van der Waals surface area contributed by atoms with Gasteiger partial charge < -0.3 is 5.32 Å². The zero-order valence-corrected chi connectivity index (χ0v) is 12.4. The zero-order chi connectivity index (χ0) is 14.7. The van der Waals surface area contributed by atoms with Crippen molar-refractivity contribution in [3.8, 4) is 0 Å². The van der Waals surface area contributed by atoms with Gasteiger partial charge in [0.25, 0.3) is 0 Å². The summed E-state index contributed by atoms with van der Waals surface area (Å²) in [7, 11) is 1.93. The Bertz CT molecular complexity index is 589. The Hall–Kier alpha value is -1.68.